The van der Waals surface area contributed by atoms with E-state index in [-0.39, 0.29) is 0 Å². The highest BCUT2D eigenvalue weighted by Crippen LogP contribution is 2.12. The summed E-state index contributed by atoms with van der Waals surface area (Å²) in [5.74, 6) is 0.830. The topological polar surface area (TPSA) is 21.3 Å². The largest absolute Gasteiger partial charge is 0.490 e. The van der Waals surface area contributed by atoms with Gasteiger partial charge in [0.1, 0.15) is 12.4 Å². The van der Waals surface area contributed by atoms with Gasteiger partial charge in [0.15, 0.2) is 0 Å². The van der Waals surface area contributed by atoms with E-state index in [1.165, 1.54) is 0 Å². The molecule has 12 heavy (non-hydrogen) atoms. The molecule has 1 saturated heterocycles. The van der Waals surface area contributed by atoms with Crippen LogP contribution in [0.3, 0.4) is 0 Å². The van der Waals surface area contributed by atoms with Crippen molar-refractivity contribution in [2.45, 2.75) is 0 Å². The maximum absolute atomic E-state index is 5.39. The van der Waals surface area contributed by atoms with E-state index in [0.717, 1.165) is 18.0 Å². The molecular weight excluding hydrogens is 150 g/mol. The van der Waals surface area contributed by atoms with Gasteiger partial charge in [-0.05, 0) is 12.2 Å². The van der Waals surface area contributed by atoms with Crippen LogP contribution in [-0.4, -0.2) is 13.2 Å². The van der Waals surface area contributed by atoms with Crippen molar-refractivity contribution in [3.63, 3.8) is 0 Å². The zero-order chi connectivity index (χ0) is 8.81. The Kier molecular flexibility index (Phi) is 3.20. The SMILES string of the molecule is C=C/C=C1/NCCO/C1=C/C=C. The fraction of sp³-hybridized carbons (Fsp3) is 0.200. The van der Waals surface area contributed by atoms with Gasteiger partial charge in [-0.2, -0.15) is 0 Å². The normalized spacial score (nSPS) is 23.0. The van der Waals surface area contributed by atoms with Gasteiger partial charge in [-0.25, -0.2) is 0 Å². The van der Waals surface area contributed by atoms with Crippen LogP contribution >= 0.6 is 0 Å². The Hall–Kier alpha value is -1.44. The van der Waals surface area contributed by atoms with Crippen molar-refractivity contribution >= 4 is 0 Å². The molecule has 1 N–H and O–H groups in total. The fourth-order valence-electron chi connectivity index (χ4n) is 1.02. The minimum atomic E-state index is 0.703. The Morgan fingerprint density at radius 2 is 2.00 bits per heavy atom. The van der Waals surface area contributed by atoms with Crippen LogP contribution in [0, 0.1) is 0 Å². The average Bonchev–Trinajstić information content (AvgIpc) is 2.09. The lowest BCUT2D eigenvalue weighted by molar-refractivity contribution is 0.197. The number of nitrogens with one attached hydrogen (secondary N) is 1. The number of hydrogen-bond donors (Lipinski definition) is 1. The highest BCUT2D eigenvalue weighted by atomic mass is 16.5. The summed E-state index contributed by atoms with van der Waals surface area (Å²) in [6.45, 7) is 8.78. The van der Waals surface area contributed by atoms with Gasteiger partial charge in [-0.3, -0.25) is 0 Å². The summed E-state index contributed by atoms with van der Waals surface area (Å²) in [4.78, 5) is 0. The first-order valence-corrected chi connectivity index (χ1v) is 3.91. The fourth-order valence-corrected chi connectivity index (χ4v) is 1.02. The van der Waals surface area contributed by atoms with Crippen molar-refractivity contribution in [2.75, 3.05) is 13.2 Å². The summed E-state index contributed by atoms with van der Waals surface area (Å²) in [7, 11) is 0. The van der Waals surface area contributed by atoms with Crippen molar-refractivity contribution in [1.82, 2.24) is 5.32 Å². The lowest BCUT2D eigenvalue weighted by Gasteiger charge is -2.20. The van der Waals surface area contributed by atoms with Crippen molar-refractivity contribution < 1.29 is 4.74 Å². The summed E-state index contributed by atoms with van der Waals surface area (Å²) in [6.07, 6.45) is 7.16. The minimum absolute atomic E-state index is 0.703. The molecule has 0 unspecified atom stereocenters. The van der Waals surface area contributed by atoms with Gasteiger partial charge in [0.05, 0.1) is 5.70 Å². The number of allylic oxidation sites excluding steroid dienone is 4. The second-order valence-electron chi connectivity index (χ2n) is 2.36. The molecular formula is C10H13NO. The van der Waals surface area contributed by atoms with Crippen LogP contribution in [-0.2, 0) is 4.74 Å². The van der Waals surface area contributed by atoms with Crippen LogP contribution < -0.4 is 5.32 Å². The Balaban J connectivity index is 2.80. The lowest BCUT2D eigenvalue weighted by Crippen LogP contribution is -2.27. The first-order valence-electron chi connectivity index (χ1n) is 3.91. The molecule has 1 heterocycles. The van der Waals surface area contributed by atoms with Crippen LogP contribution in [0.2, 0.25) is 0 Å². The molecule has 2 heteroatoms. The van der Waals surface area contributed by atoms with Crippen molar-refractivity contribution in [2.24, 2.45) is 0 Å². The van der Waals surface area contributed by atoms with Crippen LogP contribution in [0.1, 0.15) is 0 Å². The highest BCUT2D eigenvalue weighted by molar-refractivity contribution is 5.31. The third-order valence-electron chi connectivity index (χ3n) is 1.49. The molecule has 0 bridgehead atoms. The second-order valence-corrected chi connectivity index (χ2v) is 2.36. The maximum Gasteiger partial charge on any atom is 0.142 e. The molecule has 0 aromatic rings. The van der Waals surface area contributed by atoms with Crippen LogP contribution in [0.4, 0.5) is 0 Å². The number of ether oxygens (including phenoxy) is 1. The van der Waals surface area contributed by atoms with Crippen molar-refractivity contribution in [3.8, 4) is 0 Å². The Bertz CT molecular complexity index is 212. The minimum Gasteiger partial charge on any atom is -0.490 e. The quantitative estimate of drug-likeness (QED) is 0.669. The third kappa shape index (κ3) is 2.02. The van der Waals surface area contributed by atoms with Gasteiger partial charge in [0.2, 0.25) is 0 Å². The zero-order valence-electron chi connectivity index (χ0n) is 7.05. The number of morpholine rings is 1. The molecule has 0 radical (unpaired) electrons. The smallest absolute Gasteiger partial charge is 0.142 e. The van der Waals surface area contributed by atoms with Gasteiger partial charge in [-0.1, -0.05) is 25.3 Å². The summed E-state index contributed by atoms with van der Waals surface area (Å²) >= 11 is 0. The van der Waals surface area contributed by atoms with Crippen molar-refractivity contribution in [1.29, 1.82) is 0 Å². The number of rotatable bonds is 2. The van der Waals surface area contributed by atoms with Gasteiger partial charge in [0, 0.05) is 6.54 Å². The molecule has 1 aliphatic heterocycles. The highest BCUT2D eigenvalue weighted by Gasteiger charge is 2.09. The van der Waals surface area contributed by atoms with E-state index in [1.807, 2.05) is 12.2 Å². The molecule has 64 valence electrons. The molecule has 0 aromatic heterocycles. The van der Waals surface area contributed by atoms with E-state index in [9.17, 15) is 0 Å². The van der Waals surface area contributed by atoms with E-state index in [0.29, 0.717) is 6.61 Å². The third-order valence-corrected chi connectivity index (χ3v) is 1.49. The van der Waals surface area contributed by atoms with E-state index >= 15 is 0 Å². The summed E-state index contributed by atoms with van der Waals surface area (Å²) in [5, 5.41) is 3.20. The molecule has 0 aliphatic carbocycles. The molecule has 1 aliphatic rings. The monoisotopic (exact) mass is 163 g/mol. The first-order chi connectivity index (χ1) is 5.88. The van der Waals surface area contributed by atoms with Gasteiger partial charge in [0.25, 0.3) is 0 Å². The summed E-state index contributed by atoms with van der Waals surface area (Å²) in [5.41, 5.74) is 0.969. The molecule has 0 spiro atoms. The van der Waals surface area contributed by atoms with Crippen LogP contribution in [0.25, 0.3) is 0 Å². The Morgan fingerprint density at radius 1 is 1.25 bits per heavy atom. The second kappa shape index (κ2) is 4.44. The Labute approximate surface area is 72.9 Å². The van der Waals surface area contributed by atoms with E-state index in [1.54, 1.807) is 12.2 Å². The summed E-state index contributed by atoms with van der Waals surface area (Å²) in [6, 6.07) is 0. The predicted molar refractivity (Wildman–Crippen MR) is 50.5 cm³/mol. The van der Waals surface area contributed by atoms with Gasteiger partial charge >= 0.3 is 0 Å². The predicted octanol–water partition coefficient (Wildman–Crippen LogP) is 1.75. The van der Waals surface area contributed by atoms with Gasteiger partial charge in [-0.15, -0.1) is 0 Å². The van der Waals surface area contributed by atoms with Gasteiger partial charge < -0.3 is 10.1 Å². The average molecular weight is 163 g/mol. The maximum atomic E-state index is 5.39. The molecule has 0 amide bonds. The molecule has 2 nitrogen and oxygen atoms in total. The van der Waals surface area contributed by atoms with E-state index < -0.39 is 0 Å². The standard InChI is InChI=1S/C10H13NO/c1-3-5-9-10(6-4-2)12-8-7-11-9/h3-6,11H,1-2,7-8H2/b9-5+,10-6+. The van der Waals surface area contributed by atoms with Crippen molar-refractivity contribution in [3.05, 3.63) is 48.9 Å². The van der Waals surface area contributed by atoms with E-state index in [2.05, 4.69) is 18.5 Å². The van der Waals surface area contributed by atoms with Crippen LogP contribution in [0.5, 0.6) is 0 Å². The van der Waals surface area contributed by atoms with Crippen LogP contribution in [0.15, 0.2) is 48.9 Å². The molecule has 1 fully saturated rings. The Morgan fingerprint density at radius 3 is 2.67 bits per heavy atom. The first kappa shape index (κ1) is 8.65. The zero-order valence-corrected chi connectivity index (χ0v) is 7.05. The molecule has 0 atom stereocenters. The number of hydrogen-bond acceptors (Lipinski definition) is 2. The lowest BCUT2D eigenvalue weighted by atomic mass is 10.2. The summed E-state index contributed by atoms with van der Waals surface area (Å²) < 4.78 is 5.39. The molecule has 0 saturated carbocycles. The van der Waals surface area contributed by atoms with E-state index in [4.69, 9.17) is 4.74 Å². The molecule has 0 aromatic carbocycles. The molecule has 1 rings (SSSR count).